The number of halogens is 1. The number of piperidine rings is 1. The van der Waals surface area contributed by atoms with Gasteiger partial charge in [0.2, 0.25) is 5.91 Å². The Bertz CT molecular complexity index is 946. The summed E-state index contributed by atoms with van der Waals surface area (Å²) in [4.78, 5) is 12.5. The second-order valence-corrected chi connectivity index (χ2v) is 9.32. The SMILES string of the molecule is N#CC(NC(=O)C1CCN(S(=O)(=O)c2cccs2)CC1)c1ccccc1F. The lowest BCUT2D eigenvalue weighted by Gasteiger charge is -2.30. The van der Waals surface area contributed by atoms with E-state index in [0.717, 1.165) is 11.3 Å². The van der Waals surface area contributed by atoms with Gasteiger partial charge in [-0.3, -0.25) is 4.79 Å². The summed E-state index contributed by atoms with van der Waals surface area (Å²) in [6.07, 6.45) is 0.706. The second-order valence-electron chi connectivity index (χ2n) is 6.20. The molecule has 142 valence electrons. The van der Waals surface area contributed by atoms with Gasteiger partial charge in [0.15, 0.2) is 0 Å². The standard InChI is InChI=1S/C18H18FN3O3S2/c19-15-5-2-1-4-14(15)16(12-20)21-18(23)13-7-9-22(10-8-13)27(24,25)17-6-3-11-26-17/h1-6,11,13,16H,7-10H2,(H,21,23). The van der Waals surface area contributed by atoms with Crippen molar-refractivity contribution in [3.63, 3.8) is 0 Å². The molecule has 1 aliphatic rings. The minimum absolute atomic E-state index is 0.117. The van der Waals surface area contributed by atoms with Crippen LogP contribution in [0.5, 0.6) is 0 Å². The number of nitrogens with zero attached hydrogens (tertiary/aromatic N) is 2. The number of sulfonamides is 1. The van der Waals surface area contributed by atoms with Gasteiger partial charge in [0.25, 0.3) is 10.0 Å². The Labute approximate surface area is 161 Å². The topological polar surface area (TPSA) is 90.3 Å². The summed E-state index contributed by atoms with van der Waals surface area (Å²) >= 11 is 1.16. The van der Waals surface area contributed by atoms with Gasteiger partial charge in [-0.1, -0.05) is 24.3 Å². The average Bonchev–Trinajstić information content (AvgIpc) is 3.22. The van der Waals surface area contributed by atoms with Gasteiger partial charge in [-0.25, -0.2) is 12.8 Å². The molecule has 2 aromatic rings. The maximum absolute atomic E-state index is 13.9. The smallest absolute Gasteiger partial charge is 0.252 e. The van der Waals surface area contributed by atoms with Gasteiger partial charge in [0.1, 0.15) is 16.1 Å². The van der Waals surface area contributed by atoms with Crippen LogP contribution >= 0.6 is 11.3 Å². The molecule has 0 bridgehead atoms. The maximum atomic E-state index is 13.9. The molecule has 6 nitrogen and oxygen atoms in total. The van der Waals surface area contributed by atoms with Crippen LogP contribution in [0, 0.1) is 23.1 Å². The van der Waals surface area contributed by atoms with Crippen molar-refractivity contribution >= 4 is 27.3 Å². The van der Waals surface area contributed by atoms with Crippen LogP contribution in [-0.2, 0) is 14.8 Å². The predicted molar refractivity (Wildman–Crippen MR) is 98.7 cm³/mol. The van der Waals surface area contributed by atoms with Crippen molar-refractivity contribution in [3.05, 3.63) is 53.2 Å². The number of thiophene rings is 1. The van der Waals surface area contributed by atoms with Crippen molar-refractivity contribution in [2.24, 2.45) is 5.92 Å². The average molecular weight is 407 g/mol. The monoisotopic (exact) mass is 407 g/mol. The van der Waals surface area contributed by atoms with Crippen molar-refractivity contribution in [1.29, 1.82) is 5.26 Å². The summed E-state index contributed by atoms with van der Waals surface area (Å²) in [6.45, 7) is 0.463. The molecule has 1 aromatic carbocycles. The first kappa shape index (κ1) is 19.5. The minimum Gasteiger partial charge on any atom is -0.336 e. The highest BCUT2D eigenvalue weighted by Gasteiger charge is 2.33. The first-order valence-electron chi connectivity index (χ1n) is 8.41. The van der Waals surface area contributed by atoms with E-state index in [9.17, 15) is 22.9 Å². The van der Waals surface area contributed by atoms with Crippen molar-refractivity contribution in [2.75, 3.05) is 13.1 Å². The van der Waals surface area contributed by atoms with E-state index in [4.69, 9.17) is 0 Å². The Morgan fingerprint density at radius 2 is 1.96 bits per heavy atom. The van der Waals surface area contributed by atoms with Crippen LogP contribution in [0.15, 0.2) is 46.0 Å². The Kier molecular flexibility index (Phi) is 5.89. The Morgan fingerprint density at radius 3 is 2.56 bits per heavy atom. The molecule has 1 fully saturated rings. The molecule has 0 spiro atoms. The largest absolute Gasteiger partial charge is 0.336 e. The molecule has 1 aliphatic heterocycles. The zero-order valence-corrected chi connectivity index (χ0v) is 16.0. The molecule has 2 heterocycles. The highest BCUT2D eigenvalue weighted by atomic mass is 32.2. The van der Waals surface area contributed by atoms with Crippen LogP contribution in [0.3, 0.4) is 0 Å². The van der Waals surface area contributed by atoms with Crippen LogP contribution in [0.4, 0.5) is 4.39 Å². The first-order chi connectivity index (χ1) is 12.9. The Balaban J connectivity index is 1.62. The van der Waals surface area contributed by atoms with Crippen molar-refractivity contribution in [3.8, 4) is 6.07 Å². The molecule has 27 heavy (non-hydrogen) atoms. The van der Waals surface area contributed by atoms with Crippen LogP contribution in [0.2, 0.25) is 0 Å². The highest BCUT2D eigenvalue weighted by molar-refractivity contribution is 7.91. The molecule has 0 aliphatic carbocycles. The van der Waals surface area contributed by atoms with Crippen molar-refractivity contribution in [2.45, 2.75) is 23.1 Å². The first-order valence-corrected chi connectivity index (χ1v) is 10.7. The minimum atomic E-state index is -3.53. The molecule has 0 radical (unpaired) electrons. The number of rotatable bonds is 5. The fourth-order valence-electron chi connectivity index (χ4n) is 3.04. The lowest BCUT2D eigenvalue weighted by molar-refractivity contribution is -0.126. The second kappa shape index (κ2) is 8.17. The number of benzene rings is 1. The van der Waals surface area contributed by atoms with Gasteiger partial charge < -0.3 is 5.32 Å². The fourth-order valence-corrected chi connectivity index (χ4v) is 5.66. The molecule has 1 unspecified atom stereocenters. The summed E-state index contributed by atoms with van der Waals surface area (Å²) < 4.78 is 40.6. The van der Waals surface area contributed by atoms with Gasteiger partial charge >= 0.3 is 0 Å². The summed E-state index contributed by atoms with van der Waals surface area (Å²) in [6, 6.07) is 9.88. The predicted octanol–water partition coefficient (Wildman–Crippen LogP) is 2.67. The maximum Gasteiger partial charge on any atom is 0.252 e. The summed E-state index contributed by atoms with van der Waals surface area (Å²) in [5, 5.41) is 13.6. The van der Waals surface area contributed by atoms with Crippen LogP contribution in [-0.4, -0.2) is 31.7 Å². The molecule has 1 aromatic heterocycles. The fraction of sp³-hybridized carbons (Fsp3) is 0.333. The zero-order chi connectivity index (χ0) is 19.4. The van der Waals surface area contributed by atoms with Crippen molar-refractivity contribution in [1.82, 2.24) is 9.62 Å². The summed E-state index contributed by atoms with van der Waals surface area (Å²) in [5.41, 5.74) is 0.117. The van der Waals surface area contributed by atoms with Crippen LogP contribution in [0.25, 0.3) is 0 Å². The number of hydrogen-bond donors (Lipinski definition) is 1. The molecule has 1 atom stereocenters. The van der Waals surface area contributed by atoms with E-state index in [0.29, 0.717) is 12.8 Å². The normalized spacial score (nSPS) is 17.2. The number of nitriles is 1. The Hall–Kier alpha value is -2.28. The molecule has 0 saturated carbocycles. The van der Waals surface area contributed by atoms with E-state index in [1.54, 1.807) is 23.6 Å². The number of hydrogen-bond acceptors (Lipinski definition) is 5. The van der Waals surface area contributed by atoms with E-state index in [-0.39, 0.29) is 28.8 Å². The number of nitrogens with one attached hydrogen (secondary N) is 1. The van der Waals surface area contributed by atoms with E-state index < -0.39 is 27.8 Å². The number of amides is 1. The molecule has 9 heteroatoms. The molecule has 3 rings (SSSR count). The van der Waals surface area contributed by atoms with Gasteiger partial charge in [0, 0.05) is 24.6 Å². The third kappa shape index (κ3) is 4.18. The van der Waals surface area contributed by atoms with Crippen LogP contribution in [0.1, 0.15) is 24.4 Å². The van der Waals surface area contributed by atoms with Crippen molar-refractivity contribution < 1.29 is 17.6 Å². The molecule has 1 amide bonds. The van der Waals surface area contributed by atoms with Gasteiger partial charge in [-0.15, -0.1) is 11.3 Å². The van der Waals surface area contributed by atoms with E-state index >= 15 is 0 Å². The van der Waals surface area contributed by atoms with E-state index in [2.05, 4.69) is 5.32 Å². The lowest BCUT2D eigenvalue weighted by Crippen LogP contribution is -2.43. The molecular formula is C18H18FN3O3S2. The Morgan fingerprint density at radius 1 is 1.26 bits per heavy atom. The third-order valence-electron chi connectivity index (χ3n) is 4.55. The molecule has 1 saturated heterocycles. The molecule has 1 N–H and O–H groups in total. The number of carbonyl (C=O) groups is 1. The molecular weight excluding hydrogens is 389 g/mol. The van der Waals surface area contributed by atoms with Crippen LogP contribution < -0.4 is 5.32 Å². The lowest BCUT2D eigenvalue weighted by atomic mass is 9.96. The van der Waals surface area contributed by atoms with E-state index in [1.165, 1.54) is 22.5 Å². The van der Waals surface area contributed by atoms with Gasteiger partial charge in [-0.2, -0.15) is 9.57 Å². The third-order valence-corrected chi connectivity index (χ3v) is 7.82. The van der Waals surface area contributed by atoms with Gasteiger partial charge in [0.05, 0.1) is 6.07 Å². The van der Waals surface area contributed by atoms with E-state index in [1.807, 2.05) is 6.07 Å². The number of carbonyl (C=O) groups excluding carboxylic acids is 1. The highest BCUT2D eigenvalue weighted by Crippen LogP contribution is 2.27. The summed E-state index contributed by atoms with van der Waals surface area (Å²) in [5.74, 6) is -1.33. The van der Waals surface area contributed by atoms with Gasteiger partial charge in [-0.05, 0) is 30.4 Å². The quantitative estimate of drug-likeness (QED) is 0.825. The zero-order valence-electron chi connectivity index (χ0n) is 14.3. The summed E-state index contributed by atoms with van der Waals surface area (Å²) in [7, 11) is -3.53.